The summed E-state index contributed by atoms with van der Waals surface area (Å²) in [5, 5.41) is 43.9. The maximum absolute atomic E-state index is 8.86. The molecule has 1 saturated heterocycles. The van der Waals surface area contributed by atoms with Gasteiger partial charge in [-0.25, -0.2) is 0 Å². The van der Waals surface area contributed by atoms with Crippen molar-refractivity contribution >= 4 is 24.0 Å². The molecule has 154 valence electrons. The van der Waals surface area contributed by atoms with Crippen LogP contribution in [0, 0.1) is 11.8 Å². The molecule has 8 nitrogen and oxygen atoms in total. The Morgan fingerprint density at radius 3 is 1.77 bits per heavy atom. The molecule has 7 atom stereocenters. The molecule has 3 heterocycles. The van der Waals surface area contributed by atoms with Gasteiger partial charge in [0.1, 0.15) is 24.9 Å². The summed E-state index contributed by atoms with van der Waals surface area (Å²) in [5.41, 5.74) is 0. The third-order valence-electron chi connectivity index (χ3n) is 4.11. The first kappa shape index (κ1) is 25.6. The van der Waals surface area contributed by atoms with Crippen LogP contribution in [0.2, 0.25) is 0 Å². The maximum Gasteiger partial charge on any atom is 0.157 e. The van der Waals surface area contributed by atoms with E-state index in [-0.39, 0.29) is 43.6 Å². The molecule has 0 aromatic heterocycles. The average Bonchev–Trinajstić information content (AvgIpc) is 2.58. The van der Waals surface area contributed by atoms with Gasteiger partial charge in [-0.3, -0.25) is 0 Å². The quantitative estimate of drug-likeness (QED) is 0.303. The second-order valence-electron chi connectivity index (χ2n) is 6.38. The van der Waals surface area contributed by atoms with Crippen LogP contribution in [0.5, 0.6) is 0 Å². The number of hydrogen-bond acceptors (Lipinski definition) is 8. The lowest BCUT2D eigenvalue weighted by molar-refractivity contribution is -0.193. The van der Waals surface area contributed by atoms with E-state index >= 15 is 0 Å². The molecule has 3 aliphatic rings. The molecule has 0 bridgehead atoms. The highest BCUT2D eigenvalue weighted by atomic mass is 127. The molecule has 1 fully saturated rings. The standard InChI is InChI=1S/C7H12O.C5H10O4.C5H8O3.HI/c1-6-3-4-8-5-7(6)2;6-3-1-5(8)9-2-4(3)7;6-4-1-2-8-3-5(4)7;/h3-4,6-7H,5H2,1-2H3;3-8H,1-2H2;1-2,4-7H,3H2;1H/t6?,7-;3?,4-,5+;4?,5-;/m000./s1. The highest BCUT2D eigenvalue weighted by Crippen LogP contribution is 2.16. The van der Waals surface area contributed by atoms with Gasteiger partial charge in [0.2, 0.25) is 0 Å². The van der Waals surface area contributed by atoms with E-state index < -0.39 is 30.7 Å². The minimum Gasteiger partial charge on any atom is -0.501 e. The van der Waals surface area contributed by atoms with Crippen LogP contribution in [0.25, 0.3) is 0 Å². The van der Waals surface area contributed by atoms with E-state index in [0.29, 0.717) is 11.8 Å². The van der Waals surface area contributed by atoms with Crippen molar-refractivity contribution in [1.82, 2.24) is 0 Å². The van der Waals surface area contributed by atoms with Crippen molar-refractivity contribution < 1.29 is 39.7 Å². The zero-order valence-electron chi connectivity index (χ0n) is 15.0. The number of allylic oxidation sites excluding steroid dienone is 1. The van der Waals surface area contributed by atoms with Gasteiger partial charge < -0.3 is 39.7 Å². The van der Waals surface area contributed by atoms with E-state index in [1.807, 2.05) is 0 Å². The molecule has 0 aromatic rings. The van der Waals surface area contributed by atoms with E-state index in [0.717, 1.165) is 6.61 Å². The van der Waals surface area contributed by atoms with Gasteiger partial charge in [-0.2, -0.15) is 0 Å². The second-order valence-corrected chi connectivity index (χ2v) is 6.38. The van der Waals surface area contributed by atoms with Gasteiger partial charge in [0.15, 0.2) is 6.29 Å². The lowest BCUT2D eigenvalue weighted by Crippen LogP contribution is -2.40. The summed E-state index contributed by atoms with van der Waals surface area (Å²) in [4.78, 5) is 0. The van der Waals surface area contributed by atoms with Crippen molar-refractivity contribution in [2.45, 2.75) is 51.0 Å². The van der Waals surface area contributed by atoms with Gasteiger partial charge in [0, 0.05) is 6.42 Å². The van der Waals surface area contributed by atoms with E-state index in [1.165, 1.54) is 12.3 Å². The largest absolute Gasteiger partial charge is 0.501 e. The monoisotopic (exact) mass is 490 g/mol. The second kappa shape index (κ2) is 13.7. The lowest BCUT2D eigenvalue weighted by atomic mass is 9.96. The fourth-order valence-corrected chi connectivity index (χ4v) is 2.00. The fourth-order valence-electron chi connectivity index (χ4n) is 2.00. The van der Waals surface area contributed by atoms with Crippen LogP contribution in [-0.4, -0.2) is 76.1 Å². The fraction of sp³-hybridized carbons (Fsp3) is 0.765. The summed E-state index contributed by atoms with van der Waals surface area (Å²) in [6, 6.07) is 0. The summed E-state index contributed by atoms with van der Waals surface area (Å²) in [7, 11) is 0. The number of ether oxygens (including phenoxy) is 3. The van der Waals surface area contributed by atoms with Crippen LogP contribution in [0.15, 0.2) is 24.7 Å². The summed E-state index contributed by atoms with van der Waals surface area (Å²) in [6.45, 7) is 5.51. The van der Waals surface area contributed by atoms with Gasteiger partial charge >= 0.3 is 0 Å². The molecular weight excluding hydrogens is 459 g/mol. The summed E-state index contributed by atoms with van der Waals surface area (Å²) in [6.07, 6.45) is 2.71. The Kier molecular flexibility index (Phi) is 13.5. The van der Waals surface area contributed by atoms with Crippen LogP contribution >= 0.6 is 24.0 Å². The molecule has 3 unspecified atom stereocenters. The number of hydrogen-bond donors (Lipinski definition) is 5. The molecule has 0 aromatic carbocycles. The Bertz CT molecular complexity index is 394. The summed E-state index contributed by atoms with van der Waals surface area (Å²) < 4.78 is 14.3. The Morgan fingerprint density at radius 1 is 0.769 bits per heavy atom. The zero-order chi connectivity index (χ0) is 18.8. The van der Waals surface area contributed by atoms with Crippen molar-refractivity contribution in [3.63, 3.8) is 0 Å². The van der Waals surface area contributed by atoms with Gasteiger partial charge in [0.05, 0.1) is 31.8 Å². The first-order valence-electron chi connectivity index (χ1n) is 8.39. The smallest absolute Gasteiger partial charge is 0.157 e. The topological polar surface area (TPSA) is 129 Å². The minimum absolute atomic E-state index is 0. The van der Waals surface area contributed by atoms with Crippen LogP contribution < -0.4 is 0 Å². The molecule has 9 heteroatoms. The van der Waals surface area contributed by atoms with Crippen LogP contribution in [0.3, 0.4) is 0 Å². The normalized spacial score (nSPS) is 38.2. The summed E-state index contributed by atoms with van der Waals surface area (Å²) in [5.74, 6) is 1.39. The van der Waals surface area contributed by atoms with E-state index in [4.69, 9.17) is 30.3 Å². The molecule has 3 rings (SSSR count). The highest BCUT2D eigenvalue weighted by Gasteiger charge is 2.26. The van der Waals surface area contributed by atoms with Gasteiger partial charge in [-0.15, -0.1) is 24.0 Å². The van der Waals surface area contributed by atoms with Crippen molar-refractivity contribution in [3.05, 3.63) is 24.7 Å². The molecule has 5 N–H and O–H groups in total. The lowest BCUT2D eigenvalue weighted by Gasteiger charge is -2.26. The first-order chi connectivity index (χ1) is 11.8. The van der Waals surface area contributed by atoms with Crippen molar-refractivity contribution in [3.8, 4) is 0 Å². The highest BCUT2D eigenvalue weighted by molar-refractivity contribution is 14.0. The Hall–Kier alpha value is -0.430. The molecule has 0 aliphatic carbocycles. The number of rotatable bonds is 0. The van der Waals surface area contributed by atoms with Crippen molar-refractivity contribution in [2.75, 3.05) is 19.8 Å². The van der Waals surface area contributed by atoms with Crippen molar-refractivity contribution in [1.29, 1.82) is 0 Å². The number of aliphatic hydroxyl groups is 5. The third kappa shape index (κ3) is 10.0. The van der Waals surface area contributed by atoms with Crippen LogP contribution in [0.4, 0.5) is 0 Å². The number of halogens is 1. The minimum atomic E-state index is -0.914. The molecule has 3 aliphatic heterocycles. The predicted molar refractivity (Wildman–Crippen MR) is 105 cm³/mol. The van der Waals surface area contributed by atoms with Gasteiger partial charge in [-0.05, 0) is 24.0 Å². The molecular formula is C17H31IO8. The molecule has 26 heavy (non-hydrogen) atoms. The summed E-state index contributed by atoms with van der Waals surface area (Å²) >= 11 is 0. The molecule has 0 radical (unpaired) electrons. The zero-order valence-corrected chi connectivity index (χ0v) is 17.4. The average molecular weight is 490 g/mol. The van der Waals surface area contributed by atoms with Crippen LogP contribution in [0.1, 0.15) is 20.3 Å². The Labute approximate surface area is 171 Å². The Balaban J connectivity index is 0.000000355. The molecule has 0 saturated carbocycles. The predicted octanol–water partition coefficient (Wildman–Crippen LogP) is 0.120. The van der Waals surface area contributed by atoms with Crippen LogP contribution in [-0.2, 0) is 14.2 Å². The maximum atomic E-state index is 8.86. The van der Waals surface area contributed by atoms with E-state index in [2.05, 4.69) is 29.4 Å². The van der Waals surface area contributed by atoms with Gasteiger partial charge in [-0.1, -0.05) is 13.8 Å². The SMILES string of the molecule is CC1C=COC[C@@H]1C.I.OC1C=COC[C@@H]1O.OC1C[C@H](O)OC[C@@H]1O. The third-order valence-corrected chi connectivity index (χ3v) is 4.11. The molecule has 0 amide bonds. The van der Waals surface area contributed by atoms with Gasteiger partial charge in [0.25, 0.3) is 0 Å². The van der Waals surface area contributed by atoms with E-state index in [1.54, 1.807) is 6.26 Å². The molecule has 0 spiro atoms. The number of aliphatic hydroxyl groups excluding tert-OH is 5. The van der Waals surface area contributed by atoms with Crippen molar-refractivity contribution in [2.24, 2.45) is 11.8 Å². The Morgan fingerprint density at radius 2 is 1.38 bits per heavy atom. The first-order valence-corrected chi connectivity index (χ1v) is 8.39. The van der Waals surface area contributed by atoms with E-state index in [9.17, 15) is 0 Å².